The molecular weight excluding hydrogens is 262 g/mol. The van der Waals surface area contributed by atoms with Crippen LogP contribution in [0.15, 0.2) is 18.2 Å². The number of hydrogen-bond donors (Lipinski definition) is 1. The molecule has 98 valence electrons. The Morgan fingerprint density at radius 3 is 2.89 bits per heavy atom. The highest BCUT2D eigenvalue weighted by atomic mass is 35.5. The lowest BCUT2D eigenvalue weighted by atomic mass is 10.1. The van der Waals surface area contributed by atoms with Crippen molar-refractivity contribution in [1.29, 1.82) is 0 Å². The normalized spacial score (nSPS) is 24.4. The van der Waals surface area contributed by atoms with Crippen LogP contribution in [0.1, 0.15) is 12.0 Å². The smallest absolute Gasteiger partial charge is 0.234 e. The van der Waals surface area contributed by atoms with Gasteiger partial charge in [0.2, 0.25) is 5.91 Å². The average Bonchev–Trinajstić information content (AvgIpc) is 2.64. The second-order valence-corrected chi connectivity index (χ2v) is 4.82. The summed E-state index contributed by atoms with van der Waals surface area (Å²) in [4.78, 5) is 12.8. The maximum atomic E-state index is 13.3. The van der Waals surface area contributed by atoms with Crippen LogP contribution < -0.4 is 5.73 Å². The van der Waals surface area contributed by atoms with E-state index in [1.165, 1.54) is 18.2 Å². The molecule has 18 heavy (non-hydrogen) atoms. The number of carbonyl (C=O) groups is 1. The number of amides is 1. The molecule has 6 heteroatoms. The average molecular weight is 275 g/mol. The molecule has 0 radical (unpaired) electrons. The lowest BCUT2D eigenvalue weighted by molar-refractivity contribution is -0.122. The number of nitrogens with zero attached hydrogens (tertiary/aromatic N) is 1. The molecule has 0 unspecified atom stereocenters. The molecule has 2 rings (SSSR count). The quantitative estimate of drug-likeness (QED) is 0.915. The molecule has 1 heterocycles. The molecule has 0 saturated carbocycles. The number of likely N-dealkylation sites (tertiary alicyclic amines) is 1. The van der Waals surface area contributed by atoms with Gasteiger partial charge in [0.25, 0.3) is 0 Å². The lowest BCUT2D eigenvalue weighted by Crippen LogP contribution is -2.39. The third-order valence-corrected chi connectivity index (χ3v) is 3.42. The van der Waals surface area contributed by atoms with Gasteiger partial charge in [-0.1, -0.05) is 17.7 Å². The molecule has 3 nitrogen and oxygen atoms in total. The molecule has 1 aliphatic rings. The van der Waals surface area contributed by atoms with Crippen LogP contribution >= 0.6 is 11.6 Å². The van der Waals surface area contributed by atoms with Crippen molar-refractivity contribution in [3.63, 3.8) is 0 Å². The zero-order valence-electron chi connectivity index (χ0n) is 9.57. The van der Waals surface area contributed by atoms with Gasteiger partial charge in [0.15, 0.2) is 0 Å². The lowest BCUT2D eigenvalue weighted by Gasteiger charge is -2.21. The largest absolute Gasteiger partial charge is 0.368 e. The number of rotatable bonds is 3. The molecule has 1 fully saturated rings. The summed E-state index contributed by atoms with van der Waals surface area (Å²) in [5.74, 6) is -0.978. The van der Waals surface area contributed by atoms with Crippen molar-refractivity contribution < 1.29 is 13.6 Å². The Balaban J connectivity index is 2.15. The number of nitrogens with two attached hydrogens (primary N) is 1. The van der Waals surface area contributed by atoms with Crippen molar-refractivity contribution in [2.75, 3.05) is 6.54 Å². The fourth-order valence-corrected chi connectivity index (χ4v) is 2.41. The van der Waals surface area contributed by atoms with Gasteiger partial charge in [-0.2, -0.15) is 0 Å². The van der Waals surface area contributed by atoms with Crippen LogP contribution in [0.4, 0.5) is 8.78 Å². The van der Waals surface area contributed by atoms with Gasteiger partial charge in [-0.15, -0.1) is 0 Å². The van der Waals surface area contributed by atoms with Crippen LogP contribution in [-0.4, -0.2) is 29.6 Å². The Morgan fingerprint density at radius 2 is 2.28 bits per heavy atom. The predicted molar refractivity (Wildman–Crippen MR) is 64.3 cm³/mol. The van der Waals surface area contributed by atoms with E-state index in [2.05, 4.69) is 0 Å². The van der Waals surface area contributed by atoms with Gasteiger partial charge < -0.3 is 5.73 Å². The summed E-state index contributed by atoms with van der Waals surface area (Å²) in [6, 6.07) is 3.38. The van der Waals surface area contributed by atoms with E-state index >= 15 is 0 Å². The van der Waals surface area contributed by atoms with Gasteiger partial charge in [-0.25, -0.2) is 8.78 Å². The third-order valence-electron chi connectivity index (χ3n) is 3.07. The first-order valence-electron chi connectivity index (χ1n) is 5.58. The number of alkyl halides is 1. The first-order valence-corrected chi connectivity index (χ1v) is 5.96. The summed E-state index contributed by atoms with van der Waals surface area (Å²) < 4.78 is 26.2. The van der Waals surface area contributed by atoms with Crippen molar-refractivity contribution in [2.24, 2.45) is 5.73 Å². The summed E-state index contributed by atoms with van der Waals surface area (Å²) in [5.41, 5.74) is 5.88. The highest BCUT2D eigenvalue weighted by Gasteiger charge is 2.35. The molecule has 1 aliphatic heterocycles. The van der Waals surface area contributed by atoms with Gasteiger partial charge in [-0.3, -0.25) is 9.69 Å². The second-order valence-electron chi connectivity index (χ2n) is 4.42. The zero-order valence-corrected chi connectivity index (χ0v) is 10.3. The zero-order chi connectivity index (χ0) is 13.3. The highest BCUT2D eigenvalue weighted by molar-refractivity contribution is 6.31. The van der Waals surface area contributed by atoms with E-state index in [-0.39, 0.29) is 24.5 Å². The molecular formula is C12H13ClF2N2O. The topological polar surface area (TPSA) is 46.3 Å². The summed E-state index contributed by atoms with van der Waals surface area (Å²) >= 11 is 5.90. The highest BCUT2D eigenvalue weighted by Crippen LogP contribution is 2.25. The Labute approximate surface area is 109 Å². The van der Waals surface area contributed by atoms with E-state index in [0.29, 0.717) is 5.56 Å². The maximum absolute atomic E-state index is 13.3. The number of halogens is 3. The van der Waals surface area contributed by atoms with Crippen molar-refractivity contribution in [3.8, 4) is 0 Å². The molecule has 0 aliphatic carbocycles. The number of carbonyl (C=O) groups excluding carboxylic acids is 1. The molecule has 1 aromatic rings. The van der Waals surface area contributed by atoms with Gasteiger partial charge in [0, 0.05) is 24.5 Å². The van der Waals surface area contributed by atoms with Gasteiger partial charge in [0.1, 0.15) is 12.0 Å². The molecule has 0 spiro atoms. The molecule has 2 N–H and O–H groups in total. The fourth-order valence-electron chi connectivity index (χ4n) is 2.19. The minimum atomic E-state index is -1.07. The summed E-state index contributed by atoms with van der Waals surface area (Å²) in [5, 5.41) is 0.264. The maximum Gasteiger partial charge on any atom is 0.234 e. The van der Waals surface area contributed by atoms with E-state index in [9.17, 15) is 13.6 Å². The molecule has 0 bridgehead atoms. The van der Waals surface area contributed by atoms with Crippen LogP contribution in [0.5, 0.6) is 0 Å². The van der Waals surface area contributed by atoms with Crippen LogP contribution in [0.25, 0.3) is 0 Å². The summed E-state index contributed by atoms with van der Waals surface area (Å²) in [7, 11) is 0. The Kier molecular flexibility index (Phi) is 3.82. The first kappa shape index (κ1) is 13.2. The molecule has 1 amide bonds. The standard InChI is InChI=1S/C12H13ClF2N2O/c13-10-3-8(14)2-1-7(10)5-17-6-9(15)4-11(17)12(16)18/h1-3,9,11H,4-6H2,(H2,16,18)/t9-,11+/m1/s1. The van der Waals surface area contributed by atoms with E-state index in [0.717, 1.165) is 0 Å². The van der Waals surface area contributed by atoms with E-state index in [4.69, 9.17) is 17.3 Å². The van der Waals surface area contributed by atoms with Gasteiger partial charge >= 0.3 is 0 Å². The summed E-state index contributed by atoms with van der Waals surface area (Å²) in [6.45, 7) is 0.425. The third kappa shape index (κ3) is 2.79. The van der Waals surface area contributed by atoms with E-state index < -0.39 is 23.9 Å². The fraction of sp³-hybridized carbons (Fsp3) is 0.417. The molecule has 1 aromatic carbocycles. The van der Waals surface area contributed by atoms with Crippen molar-refractivity contribution in [1.82, 2.24) is 4.90 Å². The van der Waals surface area contributed by atoms with Crippen molar-refractivity contribution in [3.05, 3.63) is 34.6 Å². The van der Waals surface area contributed by atoms with Crippen molar-refractivity contribution in [2.45, 2.75) is 25.2 Å². The molecule has 0 aromatic heterocycles. The predicted octanol–water partition coefficient (Wildman–Crippen LogP) is 1.88. The van der Waals surface area contributed by atoms with Crippen molar-refractivity contribution >= 4 is 17.5 Å². The van der Waals surface area contributed by atoms with E-state index in [1.54, 1.807) is 4.90 Å². The van der Waals surface area contributed by atoms with Crippen LogP contribution in [0, 0.1) is 5.82 Å². The Morgan fingerprint density at radius 1 is 1.56 bits per heavy atom. The monoisotopic (exact) mass is 274 g/mol. The van der Waals surface area contributed by atoms with Crippen LogP contribution in [0.2, 0.25) is 5.02 Å². The summed E-state index contributed by atoms with van der Waals surface area (Å²) in [6.07, 6.45) is -0.963. The number of hydrogen-bond acceptors (Lipinski definition) is 2. The molecule has 2 atom stereocenters. The van der Waals surface area contributed by atoms with Gasteiger partial charge in [-0.05, 0) is 17.7 Å². The second kappa shape index (κ2) is 5.20. The number of primary amides is 1. The minimum absolute atomic E-state index is 0.105. The number of benzene rings is 1. The van der Waals surface area contributed by atoms with E-state index in [1.807, 2.05) is 0 Å². The Bertz CT molecular complexity index is 469. The van der Waals surface area contributed by atoms with Gasteiger partial charge in [0.05, 0.1) is 6.04 Å². The minimum Gasteiger partial charge on any atom is -0.368 e. The van der Waals surface area contributed by atoms with Crippen LogP contribution in [0.3, 0.4) is 0 Å². The molecule has 1 saturated heterocycles. The Hall–Kier alpha value is -1.20. The van der Waals surface area contributed by atoms with Crippen LogP contribution in [-0.2, 0) is 11.3 Å². The SMILES string of the molecule is NC(=O)[C@@H]1C[C@@H](F)CN1Cc1ccc(F)cc1Cl. The first-order chi connectivity index (χ1) is 8.47.